The lowest BCUT2D eigenvalue weighted by atomic mass is 10.1. The summed E-state index contributed by atoms with van der Waals surface area (Å²) in [6.07, 6.45) is 7.14. The van der Waals surface area contributed by atoms with Crippen molar-refractivity contribution in [3.63, 3.8) is 0 Å². The maximum absolute atomic E-state index is 13.2. The van der Waals surface area contributed by atoms with E-state index in [1.54, 1.807) is 31.2 Å². The smallest absolute Gasteiger partial charge is 0.425 e. The fourth-order valence-corrected chi connectivity index (χ4v) is 4.38. The van der Waals surface area contributed by atoms with Crippen LogP contribution in [0.5, 0.6) is 5.75 Å². The highest BCUT2D eigenvalue weighted by Crippen LogP contribution is 2.28. The molecule has 3 rings (SSSR count). The number of unbranched alkanes of at least 4 members (excludes halogenated alkanes) is 7. The number of rotatable bonds is 16. The van der Waals surface area contributed by atoms with Crippen LogP contribution >= 0.6 is 0 Å². The van der Waals surface area contributed by atoms with E-state index in [9.17, 15) is 22.8 Å². The second-order valence-corrected chi connectivity index (χ2v) is 10.4. The highest BCUT2D eigenvalue weighted by Gasteiger charge is 2.42. The number of alkyl halides is 3. The predicted molar refractivity (Wildman–Crippen MR) is 155 cm³/mol. The van der Waals surface area contributed by atoms with E-state index in [4.69, 9.17) is 9.47 Å². The minimum atomic E-state index is -4.64. The van der Waals surface area contributed by atoms with Gasteiger partial charge in [-0.1, -0.05) is 70.9 Å². The monoisotopic (exact) mass is 584 g/mol. The van der Waals surface area contributed by atoms with Crippen LogP contribution in [-0.4, -0.2) is 34.2 Å². The molecule has 9 heteroatoms. The van der Waals surface area contributed by atoms with Crippen molar-refractivity contribution >= 4 is 11.9 Å². The average Bonchev–Trinajstić information content (AvgIpc) is 2.99. The van der Waals surface area contributed by atoms with E-state index in [0.29, 0.717) is 17.8 Å². The van der Waals surface area contributed by atoms with Crippen molar-refractivity contribution in [3.05, 3.63) is 77.6 Å². The van der Waals surface area contributed by atoms with Gasteiger partial charge in [0.2, 0.25) is 0 Å². The zero-order valence-corrected chi connectivity index (χ0v) is 24.3. The molecular weight excluding hydrogens is 545 g/mol. The summed E-state index contributed by atoms with van der Waals surface area (Å²) < 4.78 is 49.6. The first kappa shape index (κ1) is 32.8. The zero-order valence-electron chi connectivity index (χ0n) is 24.3. The Labute approximate surface area is 245 Å². The van der Waals surface area contributed by atoms with E-state index in [1.807, 2.05) is 12.4 Å². The van der Waals surface area contributed by atoms with E-state index in [1.165, 1.54) is 62.8 Å². The lowest BCUT2D eigenvalue weighted by Gasteiger charge is -2.20. The maximum atomic E-state index is 13.2. The predicted octanol–water partition coefficient (Wildman–Crippen LogP) is 8.93. The van der Waals surface area contributed by atoms with Gasteiger partial charge in [0.05, 0.1) is 11.1 Å². The van der Waals surface area contributed by atoms with Crippen LogP contribution < -0.4 is 4.74 Å². The van der Waals surface area contributed by atoms with Gasteiger partial charge in [0.1, 0.15) is 5.75 Å². The van der Waals surface area contributed by atoms with Gasteiger partial charge in [-0.3, -0.25) is 0 Å². The molecule has 1 aromatic heterocycles. The molecule has 1 atom stereocenters. The molecule has 0 fully saturated rings. The van der Waals surface area contributed by atoms with Crippen LogP contribution in [0.25, 0.3) is 11.4 Å². The van der Waals surface area contributed by atoms with Crippen LogP contribution in [0.15, 0.2) is 60.9 Å². The molecule has 226 valence electrons. The fraction of sp³-hybridized carbons (Fsp3) is 0.455. The summed E-state index contributed by atoms with van der Waals surface area (Å²) in [6, 6.07) is 11.9. The molecule has 0 aliphatic rings. The maximum Gasteiger partial charge on any atom is 0.425 e. The highest BCUT2D eigenvalue weighted by atomic mass is 19.4. The van der Waals surface area contributed by atoms with Gasteiger partial charge in [-0.25, -0.2) is 19.6 Å². The van der Waals surface area contributed by atoms with E-state index in [0.717, 1.165) is 24.0 Å². The van der Waals surface area contributed by atoms with Crippen LogP contribution in [0.1, 0.15) is 104 Å². The Balaban J connectivity index is 1.50. The van der Waals surface area contributed by atoms with Crippen LogP contribution in [0, 0.1) is 0 Å². The molecule has 0 unspecified atom stereocenters. The van der Waals surface area contributed by atoms with E-state index >= 15 is 0 Å². The van der Waals surface area contributed by atoms with E-state index in [-0.39, 0.29) is 24.2 Å². The van der Waals surface area contributed by atoms with Crippen molar-refractivity contribution < 1.29 is 32.2 Å². The molecule has 2 aromatic carbocycles. The van der Waals surface area contributed by atoms with E-state index < -0.39 is 24.2 Å². The Morgan fingerprint density at radius 1 is 0.738 bits per heavy atom. The molecule has 0 N–H and O–H groups in total. The third-order valence-corrected chi connectivity index (χ3v) is 6.89. The van der Waals surface area contributed by atoms with Crippen molar-refractivity contribution in [2.24, 2.45) is 0 Å². The summed E-state index contributed by atoms with van der Waals surface area (Å²) in [5, 5.41) is 0. The number of carbonyl (C=O) groups is 2. The summed E-state index contributed by atoms with van der Waals surface area (Å²) in [4.78, 5) is 33.8. The van der Waals surface area contributed by atoms with Gasteiger partial charge < -0.3 is 9.47 Å². The Hall–Kier alpha value is -3.75. The van der Waals surface area contributed by atoms with Crippen molar-refractivity contribution in [3.8, 4) is 17.1 Å². The second-order valence-electron chi connectivity index (χ2n) is 10.4. The van der Waals surface area contributed by atoms with Gasteiger partial charge in [-0.2, -0.15) is 13.2 Å². The van der Waals surface area contributed by atoms with Crippen molar-refractivity contribution in [2.45, 2.75) is 96.8 Å². The number of aryl methyl sites for hydroxylation is 1. The molecule has 6 nitrogen and oxygen atoms in total. The first-order chi connectivity index (χ1) is 20.2. The molecule has 0 bridgehead atoms. The Bertz CT molecular complexity index is 1240. The number of carbonyl (C=O) groups excluding carboxylic acids is 2. The largest absolute Gasteiger partial charge is 0.449 e. The quantitative estimate of drug-likeness (QED) is 0.0950. The number of hydrogen-bond acceptors (Lipinski definition) is 6. The number of benzene rings is 2. The average molecular weight is 585 g/mol. The first-order valence-electron chi connectivity index (χ1n) is 14.7. The lowest BCUT2D eigenvalue weighted by molar-refractivity contribution is -0.206. The Morgan fingerprint density at radius 3 is 1.88 bits per heavy atom. The Kier molecular flexibility index (Phi) is 13.0. The zero-order chi connectivity index (χ0) is 30.4. The van der Waals surface area contributed by atoms with Gasteiger partial charge >= 0.3 is 18.1 Å². The number of esters is 2. The van der Waals surface area contributed by atoms with Crippen molar-refractivity contribution in [1.82, 2.24) is 9.97 Å². The van der Waals surface area contributed by atoms with Gasteiger partial charge in [-0.15, -0.1) is 0 Å². The van der Waals surface area contributed by atoms with Gasteiger partial charge in [-0.05, 0) is 67.6 Å². The number of hydrogen-bond donors (Lipinski definition) is 0. The minimum absolute atomic E-state index is 0.0710. The van der Waals surface area contributed by atoms with Crippen LogP contribution in [0.4, 0.5) is 13.2 Å². The summed E-state index contributed by atoms with van der Waals surface area (Å²) in [6.45, 7) is 3.98. The molecule has 0 aliphatic carbocycles. The molecular formula is C33H39F3N2O4. The molecule has 3 aromatic rings. The van der Waals surface area contributed by atoms with Crippen LogP contribution in [0.3, 0.4) is 0 Å². The molecule has 0 radical (unpaired) electrons. The lowest BCUT2D eigenvalue weighted by Crippen LogP contribution is -2.33. The number of ether oxygens (including phenoxy) is 2. The van der Waals surface area contributed by atoms with Crippen LogP contribution in [-0.2, 0) is 11.2 Å². The second kappa shape index (κ2) is 16.6. The SMILES string of the molecule is CCCCCCCCCc1cnc(-c2ccc(C(=O)Oc3ccc(C(=O)O[C@@H](CCCC)C(F)(F)F)cc3)cc2)nc1. The fourth-order valence-electron chi connectivity index (χ4n) is 4.38. The van der Waals surface area contributed by atoms with Gasteiger partial charge in [0.15, 0.2) is 11.9 Å². The third kappa shape index (κ3) is 10.6. The third-order valence-electron chi connectivity index (χ3n) is 6.89. The first-order valence-corrected chi connectivity index (χ1v) is 14.7. The molecule has 0 saturated carbocycles. The molecule has 42 heavy (non-hydrogen) atoms. The van der Waals surface area contributed by atoms with Crippen molar-refractivity contribution in [2.75, 3.05) is 0 Å². The molecule has 0 amide bonds. The Morgan fingerprint density at radius 2 is 1.29 bits per heavy atom. The summed E-state index contributed by atoms with van der Waals surface area (Å²) in [7, 11) is 0. The van der Waals surface area contributed by atoms with Gasteiger partial charge in [0.25, 0.3) is 0 Å². The highest BCUT2D eigenvalue weighted by molar-refractivity contribution is 5.92. The topological polar surface area (TPSA) is 78.4 Å². The molecule has 0 saturated heterocycles. The summed E-state index contributed by atoms with van der Waals surface area (Å²) in [5.41, 5.74) is 2.08. The van der Waals surface area contributed by atoms with Crippen molar-refractivity contribution in [1.29, 1.82) is 0 Å². The number of nitrogens with zero attached hydrogens (tertiary/aromatic N) is 2. The minimum Gasteiger partial charge on any atom is -0.449 e. The molecule has 0 aliphatic heterocycles. The standard InChI is InChI=1S/C33H39F3N2O4/c1-3-5-7-8-9-10-11-12-24-22-37-30(38-23-24)25-14-16-26(17-15-25)31(39)41-28-20-18-27(19-21-28)32(40)42-29(13-6-4-2)33(34,35)36/h14-23,29H,3-13H2,1-2H3/t29-/m0/s1. The normalized spacial score (nSPS) is 12.1. The summed E-state index contributed by atoms with van der Waals surface area (Å²) in [5.74, 6) is -1.02. The molecule has 1 heterocycles. The van der Waals surface area contributed by atoms with Gasteiger partial charge in [0, 0.05) is 18.0 Å². The van der Waals surface area contributed by atoms with Crippen LogP contribution in [0.2, 0.25) is 0 Å². The van der Waals surface area contributed by atoms with E-state index in [2.05, 4.69) is 16.9 Å². The summed E-state index contributed by atoms with van der Waals surface area (Å²) >= 11 is 0. The number of aromatic nitrogens is 2. The number of halogens is 3. The molecule has 0 spiro atoms.